The van der Waals surface area contributed by atoms with Gasteiger partial charge < -0.3 is 9.73 Å². The Morgan fingerprint density at radius 3 is 2.24 bits per heavy atom. The number of nitro groups is 1. The van der Waals surface area contributed by atoms with E-state index in [0.29, 0.717) is 5.56 Å². The van der Waals surface area contributed by atoms with Crippen LogP contribution in [-0.4, -0.2) is 16.6 Å². The van der Waals surface area contributed by atoms with Gasteiger partial charge in [-0.3, -0.25) is 19.7 Å². The van der Waals surface area contributed by atoms with Crippen LogP contribution >= 0.6 is 0 Å². The Morgan fingerprint density at radius 1 is 0.880 bits per heavy atom. The number of nitrogens with one attached hydrogen (secondary N) is 1. The van der Waals surface area contributed by atoms with Crippen molar-refractivity contribution in [2.24, 2.45) is 0 Å². The number of hydrogen-bond acceptors (Lipinski definition) is 5. The van der Waals surface area contributed by atoms with E-state index in [4.69, 9.17) is 4.42 Å². The fraction of sp³-hybridized carbons (Fsp3) is 0. The standard InChI is InChI=1S/C18H12N2O5/c21-17(12-6-2-1-3-7-12)15-10-11-16(25-15)18(22)19-13-8-4-5-9-14(13)20(23)24/h1-11H,(H,19,22). The molecular formula is C18H12N2O5. The number of ketones is 1. The van der Waals surface area contributed by atoms with Crippen LogP contribution < -0.4 is 5.32 Å². The maximum Gasteiger partial charge on any atom is 0.292 e. The number of carbonyl (C=O) groups is 2. The number of benzene rings is 2. The average Bonchev–Trinajstić information content (AvgIpc) is 3.12. The minimum atomic E-state index is -0.679. The van der Waals surface area contributed by atoms with Crippen molar-refractivity contribution in [2.75, 3.05) is 5.32 Å². The topological polar surface area (TPSA) is 102 Å². The van der Waals surface area contributed by atoms with Crippen molar-refractivity contribution in [2.45, 2.75) is 0 Å². The van der Waals surface area contributed by atoms with Crippen LogP contribution in [0.4, 0.5) is 11.4 Å². The zero-order chi connectivity index (χ0) is 17.8. The normalized spacial score (nSPS) is 10.2. The molecule has 1 N–H and O–H groups in total. The molecule has 124 valence electrons. The molecule has 0 unspecified atom stereocenters. The summed E-state index contributed by atoms with van der Waals surface area (Å²) in [4.78, 5) is 34.9. The summed E-state index contributed by atoms with van der Waals surface area (Å²) in [5, 5.41) is 13.4. The highest BCUT2D eigenvalue weighted by atomic mass is 16.6. The van der Waals surface area contributed by atoms with Crippen molar-refractivity contribution in [3.63, 3.8) is 0 Å². The van der Waals surface area contributed by atoms with E-state index >= 15 is 0 Å². The molecule has 0 saturated heterocycles. The second kappa shape index (κ2) is 6.79. The Morgan fingerprint density at radius 2 is 1.52 bits per heavy atom. The van der Waals surface area contributed by atoms with Gasteiger partial charge >= 0.3 is 0 Å². The lowest BCUT2D eigenvalue weighted by atomic mass is 10.1. The third kappa shape index (κ3) is 3.45. The van der Waals surface area contributed by atoms with Gasteiger partial charge in [-0.1, -0.05) is 42.5 Å². The van der Waals surface area contributed by atoms with Crippen LogP contribution in [0.15, 0.2) is 71.1 Å². The number of nitro benzene ring substituents is 1. The molecule has 2 aromatic carbocycles. The van der Waals surface area contributed by atoms with E-state index in [1.165, 1.54) is 30.3 Å². The van der Waals surface area contributed by atoms with Crippen LogP contribution in [0.25, 0.3) is 0 Å². The van der Waals surface area contributed by atoms with Gasteiger partial charge in [0.25, 0.3) is 11.6 Å². The Bertz CT molecular complexity index is 947. The van der Waals surface area contributed by atoms with Crippen LogP contribution in [0.3, 0.4) is 0 Å². The van der Waals surface area contributed by atoms with Gasteiger partial charge in [-0.05, 0) is 18.2 Å². The van der Waals surface area contributed by atoms with Crippen LogP contribution in [-0.2, 0) is 0 Å². The van der Waals surface area contributed by atoms with E-state index in [2.05, 4.69) is 5.32 Å². The lowest BCUT2D eigenvalue weighted by Gasteiger charge is -2.03. The first-order valence-corrected chi connectivity index (χ1v) is 7.30. The monoisotopic (exact) mass is 336 g/mol. The van der Waals surface area contributed by atoms with Crippen LogP contribution in [0.1, 0.15) is 26.7 Å². The van der Waals surface area contributed by atoms with E-state index in [1.807, 2.05) is 0 Å². The molecule has 0 atom stereocenters. The van der Waals surface area contributed by atoms with E-state index in [9.17, 15) is 19.7 Å². The molecule has 7 nitrogen and oxygen atoms in total. The molecule has 0 aliphatic heterocycles. The molecule has 1 amide bonds. The Labute approximate surface area is 142 Å². The zero-order valence-electron chi connectivity index (χ0n) is 12.8. The Balaban J connectivity index is 1.80. The van der Waals surface area contributed by atoms with E-state index < -0.39 is 10.8 Å². The van der Waals surface area contributed by atoms with E-state index in [1.54, 1.807) is 36.4 Å². The summed E-state index contributed by atoms with van der Waals surface area (Å²) in [6.07, 6.45) is 0. The molecule has 0 fully saturated rings. The summed E-state index contributed by atoms with van der Waals surface area (Å²) in [6.45, 7) is 0. The largest absolute Gasteiger partial charge is 0.447 e. The molecule has 0 saturated carbocycles. The van der Waals surface area contributed by atoms with Crippen molar-refractivity contribution in [3.8, 4) is 0 Å². The van der Waals surface area contributed by atoms with Gasteiger partial charge in [-0.15, -0.1) is 0 Å². The number of hydrogen-bond donors (Lipinski definition) is 1. The minimum Gasteiger partial charge on any atom is -0.447 e. The summed E-state index contributed by atoms with van der Waals surface area (Å²) >= 11 is 0. The Kier molecular flexibility index (Phi) is 4.38. The van der Waals surface area contributed by atoms with E-state index in [-0.39, 0.29) is 28.7 Å². The maximum absolute atomic E-state index is 12.3. The van der Waals surface area contributed by atoms with Crippen molar-refractivity contribution in [3.05, 3.63) is 93.9 Å². The zero-order valence-corrected chi connectivity index (χ0v) is 12.8. The fourth-order valence-corrected chi connectivity index (χ4v) is 2.24. The van der Waals surface area contributed by atoms with E-state index in [0.717, 1.165) is 0 Å². The highest BCUT2D eigenvalue weighted by Crippen LogP contribution is 2.24. The van der Waals surface area contributed by atoms with Crippen LogP contribution in [0.5, 0.6) is 0 Å². The lowest BCUT2D eigenvalue weighted by molar-refractivity contribution is -0.383. The second-order valence-corrected chi connectivity index (χ2v) is 5.09. The maximum atomic E-state index is 12.3. The molecule has 3 rings (SSSR count). The third-order valence-corrected chi connectivity index (χ3v) is 3.44. The molecular weight excluding hydrogens is 324 g/mol. The summed E-state index contributed by atoms with van der Waals surface area (Å²) in [5.74, 6) is -1.14. The SMILES string of the molecule is O=C(Nc1ccccc1[N+](=O)[O-])c1ccc(C(=O)c2ccccc2)o1. The predicted octanol–water partition coefficient (Wildman–Crippen LogP) is 3.67. The molecule has 0 bridgehead atoms. The van der Waals surface area contributed by atoms with Gasteiger partial charge in [0.05, 0.1) is 4.92 Å². The molecule has 0 aliphatic rings. The molecule has 1 heterocycles. The molecule has 25 heavy (non-hydrogen) atoms. The summed E-state index contributed by atoms with van der Waals surface area (Å²) in [6, 6.07) is 17.0. The van der Waals surface area contributed by atoms with Crippen LogP contribution in [0.2, 0.25) is 0 Å². The lowest BCUT2D eigenvalue weighted by Crippen LogP contribution is -2.12. The first-order valence-electron chi connectivity index (χ1n) is 7.30. The molecule has 3 aromatic rings. The van der Waals surface area contributed by atoms with Crippen molar-refractivity contribution < 1.29 is 18.9 Å². The number of carbonyl (C=O) groups excluding carboxylic acids is 2. The highest BCUT2D eigenvalue weighted by Gasteiger charge is 2.20. The molecule has 7 heteroatoms. The number of anilines is 1. The van der Waals surface area contributed by atoms with Gasteiger partial charge in [0.2, 0.25) is 5.78 Å². The molecule has 0 spiro atoms. The number of nitrogens with zero attached hydrogens (tertiary/aromatic N) is 1. The van der Waals surface area contributed by atoms with Gasteiger partial charge in [0.15, 0.2) is 11.5 Å². The fourth-order valence-electron chi connectivity index (χ4n) is 2.24. The molecule has 0 radical (unpaired) electrons. The average molecular weight is 336 g/mol. The van der Waals surface area contributed by atoms with Gasteiger partial charge in [-0.25, -0.2) is 0 Å². The van der Waals surface area contributed by atoms with Gasteiger partial charge in [0.1, 0.15) is 5.69 Å². The van der Waals surface area contributed by atoms with Crippen molar-refractivity contribution in [1.82, 2.24) is 0 Å². The Hall–Kier alpha value is -3.74. The third-order valence-electron chi connectivity index (χ3n) is 3.44. The quantitative estimate of drug-likeness (QED) is 0.435. The van der Waals surface area contributed by atoms with Crippen LogP contribution in [0, 0.1) is 10.1 Å². The first-order chi connectivity index (χ1) is 12.1. The second-order valence-electron chi connectivity index (χ2n) is 5.09. The summed E-state index contributed by atoms with van der Waals surface area (Å²) in [5.41, 5.74) is 0.246. The predicted molar refractivity (Wildman–Crippen MR) is 89.6 cm³/mol. The van der Waals surface area contributed by atoms with Gasteiger partial charge in [-0.2, -0.15) is 0 Å². The molecule has 0 aliphatic carbocycles. The minimum absolute atomic E-state index is 0.0129. The number of furan rings is 1. The highest BCUT2D eigenvalue weighted by molar-refractivity contribution is 6.09. The summed E-state index contributed by atoms with van der Waals surface area (Å²) < 4.78 is 5.30. The number of para-hydroxylation sites is 2. The van der Waals surface area contributed by atoms with Gasteiger partial charge in [0, 0.05) is 11.6 Å². The first kappa shape index (κ1) is 16.1. The summed E-state index contributed by atoms with van der Waals surface area (Å²) in [7, 11) is 0. The number of amides is 1. The molecule has 1 aromatic heterocycles. The smallest absolute Gasteiger partial charge is 0.292 e. The van der Waals surface area contributed by atoms with Crippen molar-refractivity contribution >= 4 is 23.1 Å². The number of rotatable bonds is 5. The van der Waals surface area contributed by atoms with Crippen molar-refractivity contribution in [1.29, 1.82) is 0 Å².